The van der Waals surface area contributed by atoms with E-state index in [9.17, 15) is 25.9 Å². The molecule has 3 aliphatic rings. The largest absolute Gasteiger partial charge is 0.454 e. The molecular formula is C30H21N2O10S5+. The first-order chi connectivity index (χ1) is 22.5. The second kappa shape index (κ2) is 11.3. The van der Waals surface area contributed by atoms with Crippen molar-refractivity contribution in [2.24, 2.45) is 0 Å². The van der Waals surface area contributed by atoms with Gasteiger partial charge >= 0.3 is 19.3 Å². The molecule has 0 saturated heterocycles. The summed E-state index contributed by atoms with van der Waals surface area (Å²) >= 11 is 2.52. The van der Waals surface area contributed by atoms with Crippen LogP contribution in [0.1, 0.15) is 5.01 Å². The lowest BCUT2D eigenvalue weighted by atomic mass is 10.0. The molecule has 0 fully saturated rings. The van der Waals surface area contributed by atoms with Crippen LogP contribution in [0.25, 0.3) is 38.5 Å². The lowest BCUT2D eigenvalue weighted by Crippen LogP contribution is -2.39. The van der Waals surface area contributed by atoms with Crippen LogP contribution in [-0.2, 0) is 25.1 Å². The van der Waals surface area contributed by atoms with E-state index in [-0.39, 0.29) is 24.6 Å². The summed E-state index contributed by atoms with van der Waals surface area (Å²) < 4.78 is 94.1. The van der Waals surface area contributed by atoms with E-state index in [0.717, 1.165) is 27.0 Å². The third-order valence-corrected chi connectivity index (χ3v) is 12.1. The summed E-state index contributed by atoms with van der Waals surface area (Å²) in [5.74, 6) is 1.71. The summed E-state index contributed by atoms with van der Waals surface area (Å²) in [7, 11) is -8.84. The molecular weight excluding hydrogens is 709 g/mol. The number of hydrogen-bond donors (Lipinski definition) is 2. The van der Waals surface area contributed by atoms with Crippen molar-refractivity contribution in [3.8, 4) is 45.3 Å². The first-order valence-electron chi connectivity index (χ1n) is 13.7. The highest BCUT2D eigenvalue weighted by atomic mass is 33.2. The van der Waals surface area contributed by atoms with Crippen molar-refractivity contribution in [1.29, 1.82) is 0 Å². The van der Waals surface area contributed by atoms with Gasteiger partial charge in [-0.05, 0) is 64.7 Å². The molecule has 0 radical (unpaired) electrons. The van der Waals surface area contributed by atoms with Crippen LogP contribution in [-0.4, -0.2) is 39.5 Å². The second-order valence-corrected chi connectivity index (χ2v) is 17.1. The lowest BCUT2D eigenvalue weighted by molar-refractivity contribution is -0.649. The molecule has 0 spiro atoms. The molecule has 0 saturated carbocycles. The number of aromatic nitrogens is 1. The van der Waals surface area contributed by atoms with Crippen molar-refractivity contribution in [1.82, 2.24) is 0 Å². The van der Waals surface area contributed by atoms with Crippen molar-refractivity contribution < 1.29 is 49.5 Å². The second-order valence-electron chi connectivity index (χ2n) is 10.5. The van der Waals surface area contributed by atoms with Crippen LogP contribution in [0.2, 0.25) is 0 Å². The van der Waals surface area contributed by atoms with Crippen molar-refractivity contribution in [2.75, 3.05) is 17.9 Å². The monoisotopic (exact) mass is 729 g/mol. The zero-order valence-electron chi connectivity index (χ0n) is 23.7. The standard InChI is InChI=1S/C30H20N2O10S5/c33-46(34,35)14-31-21-9-17(19-1-5-23-25(11-19)41-15-39-23)3-7-27(21)43-29(31)13-30-32(45-47(36,37)38)22-10-18(4-8-28(22)44-30)20-2-6-24-26(12-20)42-16-40-24/h1-13H,14-16H2,(H-,33,34,35,36,37,38)/p+1. The zero-order valence-corrected chi connectivity index (χ0v) is 27.8. The maximum Gasteiger partial charge on any atom is 0.339 e. The predicted molar refractivity (Wildman–Crippen MR) is 179 cm³/mol. The minimum Gasteiger partial charge on any atom is -0.454 e. The Balaban J connectivity index is 1.22. The van der Waals surface area contributed by atoms with E-state index in [0.29, 0.717) is 49.1 Å². The minimum atomic E-state index is -4.57. The Morgan fingerprint density at radius 1 is 0.766 bits per heavy atom. The maximum absolute atomic E-state index is 12.2. The van der Waals surface area contributed by atoms with E-state index in [2.05, 4.69) is 0 Å². The Bertz CT molecular complexity index is 2370. The van der Waals surface area contributed by atoms with Crippen molar-refractivity contribution in [2.45, 2.75) is 10.8 Å². The van der Waals surface area contributed by atoms with Gasteiger partial charge in [-0.1, -0.05) is 47.4 Å². The number of thioether (sulfide) groups is 1. The molecule has 0 aliphatic carbocycles. The van der Waals surface area contributed by atoms with E-state index < -0.39 is 25.1 Å². The third kappa shape index (κ3) is 5.99. The number of thiazole rings is 1. The maximum atomic E-state index is 12.2. The first-order valence-corrected chi connectivity index (χ1v) is 19.7. The van der Waals surface area contributed by atoms with Gasteiger partial charge < -0.3 is 18.9 Å². The van der Waals surface area contributed by atoms with Gasteiger partial charge in [0.15, 0.2) is 23.0 Å². The van der Waals surface area contributed by atoms with E-state index in [4.69, 9.17) is 18.9 Å². The molecule has 4 heterocycles. The Labute approximate surface area is 280 Å². The van der Waals surface area contributed by atoms with E-state index in [1.807, 2.05) is 54.6 Å². The van der Waals surface area contributed by atoms with E-state index in [1.54, 1.807) is 24.3 Å². The van der Waals surface area contributed by atoms with Gasteiger partial charge in [0.05, 0.1) is 16.8 Å². The lowest BCUT2D eigenvalue weighted by Gasteiger charge is -2.16. The Morgan fingerprint density at radius 2 is 1.34 bits per heavy atom. The minimum absolute atomic E-state index is 0.127. The number of hydrogen-bond acceptors (Lipinski definition) is 12. The molecule has 3 aliphatic heterocycles. The van der Waals surface area contributed by atoms with Gasteiger partial charge in [-0.3, -0.25) is 13.4 Å². The van der Waals surface area contributed by atoms with Crippen LogP contribution in [0.4, 0.5) is 5.69 Å². The van der Waals surface area contributed by atoms with Gasteiger partial charge in [0.1, 0.15) is 15.7 Å². The van der Waals surface area contributed by atoms with Gasteiger partial charge in [-0.15, -0.1) is 0 Å². The average Bonchev–Trinajstić information content (AvgIpc) is 3.81. The fourth-order valence-electron chi connectivity index (χ4n) is 5.42. The molecule has 47 heavy (non-hydrogen) atoms. The number of benzene rings is 4. The molecule has 2 N–H and O–H groups in total. The Morgan fingerprint density at radius 3 is 1.98 bits per heavy atom. The molecule has 8 rings (SSSR count). The van der Waals surface area contributed by atoms with Crippen LogP contribution >= 0.6 is 34.1 Å². The molecule has 12 nitrogen and oxygen atoms in total. The molecule has 17 heteroatoms. The molecule has 0 atom stereocenters. The smallest absolute Gasteiger partial charge is 0.339 e. The Kier molecular flexibility index (Phi) is 7.32. The molecule has 0 unspecified atom stereocenters. The highest BCUT2D eigenvalue weighted by molar-refractivity contribution is 8.70. The predicted octanol–water partition coefficient (Wildman–Crippen LogP) is 6.19. The van der Waals surface area contributed by atoms with Gasteiger partial charge in [-0.25, -0.2) is 0 Å². The zero-order chi connectivity index (χ0) is 32.5. The normalized spacial score (nSPS) is 16.0. The number of anilines is 1. The van der Waals surface area contributed by atoms with Crippen LogP contribution < -0.4 is 27.8 Å². The summed E-state index contributed by atoms with van der Waals surface area (Å²) in [6, 6.07) is 22.1. The van der Waals surface area contributed by atoms with Crippen molar-refractivity contribution >= 4 is 75.3 Å². The van der Waals surface area contributed by atoms with Crippen LogP contribution in [0.5, 0.6) is 23.0 Å². The summed E-state index contributed by atoms with van der Waals surface area (Å²) in [6.07, 6.45) is 1.64. The van der Waals surface area contributed by atoms with Gasteiger partial charge in [0.25, 0.3) is 10.9 Å². The quantitative estimate of drug-likeness (QED) is 0.0849. The number of rotatable bonds is 7. The average molecular weight is 730 g/mol. The fourth-order valence-corrected chi connectivity index (χ4v) is 10.2. The van der Waals surface area contributed by atoms with Crippen LogP contribution in [0, 0.1) is 0 Å². The molecule has 0 amide bonds. The van der Waals surface area contributed by atoms with Gasteiger partial charge in [-0.2, -0.15) is 21.4 Å². The summed E-state index contributed by atoms with van der Waals surface area (Å²) in [5.41, 5.74) is 4.21. The third-order valence-electron chi connectivity index (χ3n) is 7.44. The van der Waals surface area contributed by atoms with E-state index in [1.165, 1.54) is 32.0 Å². The molecule has 1 aromatic heterocycles. The SMILES string of the molecule is O=S(=O)(O)C[n+]1c(C=C2Sc3ccc(-c4ccc5c(c4)OCO5)cc3N2SS(=O)(=O)O)sc2ccc(-c3ccc4c(c3)OCO4)cc21. The first kappa shape index (κ1) is 30.4. The Hall–Kier alpha value is -3.97. The van der Waals surface area contributed by atoms with E-state index >= 15 is 0 Å². The molecule has 240 valence electrons. The number of fused-ring (bicyclic) bond motifs is 4. The highest BCUT2D eigenvalue weighted by Gasteiger charge is 2.33. The molecule has 4 aromatic carbocycles. The van der Waals surface area contributed by atoms with Gasteiger partial charge in [0, 0.05) is 11.0 Å². The molecule has 0 bridgehead atoms. The fraction of sp³-hybridized carbons (Fsp3) is 0.100. The van der Waals surface area contributed by atoms with Crippen LogP contribution in [0.15, 0.2) is 82.7 Å². The number of nitrogens with zero attached hydrogens (tertiary/aromatic N) is 2. The molecule has 5 aromatic rings. The topological polar surface area (TPSA) is 153 Å². The summed E-state index contributed by atoms with van der Waals surface area (Å²) in [6.45, 7) is 0.255. The number of ether oxygens (including phenoxy) is 4. The highest BCUT2D eigenvalue weighted by Crippen LogP contribution is 2.52. The van der Waals surface area contributed by atoms with Crippen LogP contribution in [0.3, 0.4) is 0 Å². The van der Waals surface area contributed by atoms with Gasteiger partial charge in [0.2, 0.25) is 19.1 Å². The summed E-state index contributed by atoms with van der Waals surface area (Å²) in [5, 5.41) is 0.824. The van der Waals surface area contributed by atoms with Crippen molar-refractivity contribution in [3.05, 3.63) is 82.8 Å². The summed E-state index contributed by atoms with van der Waals surface area (Å²) in [4.78, 5) is 0.712. The van der Waals surface area contributed by atoms with Crippen molar-refractivity contribution in [3.63, 3.8) is 0 Å².